The maximum Gasteiger partial charge on any atom is 0.322 e. The first-order valence-electron chi connectivity index (χ1n) is 10.3. The third-order valence-corrected chi connectivity index (χ3v) is 7.03. The Morgan fingerprint density at radius 2 is 1.79 bits per heavy atom. The smallest absolute Gasteiger partial charge is 0.322 e. The van der Waals surface area contributed by atoms with Crippen LogP contribution in [0, 0.1) is 0 Å². The average molecular weight is 390 g/mol. The van der Waals surface area contributed by atoms with Crippen LogP contribution in [-0.2, 0) is 5.54 Å². The molecule has 1 saturated carbocycles. The van der Waals surface area contributed by atoms with Gasteiger partial charge in [0.2, 0.25) is 0 Å². The first-order valence-corrected chi connectivity index (χ1v) is 10.3. The van der Waals surface area contributed by atoms with Crippen LogP contribution in [0.15, 0.2) is 55.0 Å². The van der Waals surface area contributed by atoms with Crippen molar-refractivity contribution in [2.75, 3.05) is 25.5 Å². The highest BCUT2D eigenvalue weighted by Gasteiger charge is 2.50. The van der Waals surface area contributed by atoms with E-state index in [1.165, 1.54) is 5.56 Å². The second-order valence-electron chi connectivity index (χ2n) is 8.69. The molecule has 2 N–H and O–H groups in total. The van der Waals surface area contributed by atoms with Crippen molar-refractivity contribution in [3.05, 3.63) is 60.6 Å². The highest BCUT2D eigenvalue weighted by atomic mass is 16.2. The quantitative estimate of drug-likeness (QED) is 0.715. The van der Waals surface area contributed by atoms with Crippen molar-refractivity contribution in [3.8, 4) is 0 Å². The molecule has 0 atom stereocenters. The van der Waals surface area contributed by atoms with Gasteiger partial charge in [0.15, 0.2) is 0 Å². The highest BCUT2D eigenvalue weighted by molar-refractivity contribution is 6.03. The van der Waals surface area contributed by atoms with E-state index in [0.29, 0.717) is 6.54 Å². The van der Waals surface area contributed by atoms with E-state index in [1.54, 1.807) is 12.4 Å². The molecule has 6 heteroatoms. The molecule has 29 heavy (non-hydrogen) atoms. The summed E-state index contributed by atoms with van der Waals surface area (Å²) in [5.41, 5.74) is 3.04. The molecule has 1 saturated heterocycles. The number of carbonyl (C=O) groups excluding carboxylic acids is 1. The van der Waals surface area contributed by atoms with Crippen LogP contribution in [0.25, 0.3) is 10.9 Å². The average Bonchev–Trinajstić information content (AvgIpc) is 3.34. The Hall–Kier alpha value is -2.86. The second kappa shape index (κ2) is 6.59. The number of amides is 2. The Labute approximate surface area is 170 Å². The first kappa shape index (κ1) is 18.2. The first-order chi connectivity index (χ1) is 14.0. The number of pyridine rings is 1. The van der Waals surface area contributed by atoms with Crippen LogP contribution in [0.5, 0.6) is 0 Å². The molecule has 1 spiro atoms. The van der Waals surface area contributed by atoms with Crippen molar-refractivity contribution in [1.29, 1.82) is 0 Å². The van der Waals surface area contributed by atoms with Gasteiger partial charge in [-0.15, -0.1) is 0 Å². The molecule has 3 aromatic rings. The van der Waals surface area contributed by atoms with Gasteiger partial charge in [-0.2, -0.15) is 0 Å². The lowest BCUT2D eigenvalue weighted by molar-refractivity contribution is 0.0658. The van der Waals surface area contributed by atoms with E-state index in [-0.39, 0.29) is 17.1 Å². The Balaban J connectivity index is 1.41. The minimum Gasteiger partial charge on any atom is -0.360 e. The number of anilines is 1. The van der Waals surface area contributed by atoms with Gasteiger partial charge in [0.05, 0.1) is 35.7 Å². The van der Waals surface area contributed by atoms with E-state index in [9.17, 15) is 4.79 Å². The van der Waals surface area contributed by atoms with Gasteiger partial charge in [-0.3, -0.25) is 14.8 Å². The number of hydrogen-bond acceptors (Lipinski definition) is 3. The number of fused-ring (bicyclic) bond motifs is 1. The molecule has 0 unspecified atom stereocenters. The zero-order valence-electron chi connectivity index (χ0n) is 17.0. The van der Waals surface area contributed by atoms with E-state index < -0.39 is 0 Å². The van der Waals surface area contributed by atoms with Crippen LogP contribution in [0.4, 0.5) is 10.5 Å². The summed E-state index contributed by atoms with van der Waals surface area (Å²) in [5, 5.41) is 4.37. The van der Waals surface area contributed by atoms with Crippen molar-refractivity contribution in [2.24, 2.45) is 0 Å². The molecule has 0 radical (unpaired) electrons. The Bertz CT molecular complexity index is 1030. The number of urea groups is 1. The van der Waals surface area contributed by atoms with Crippen molar-refractivity contribution < 1.29 is 4.79 Å². The summed E-state index contributed by atoms with van der Waals surface area (Å²) in [5.74, 6) is 0. The fourth-order valence-electron chi connectivity index (χ4n) is 5.25. The van der Waals surface area contributed by atoms with E-state index in [4.69, 9.17) is 0 Å². The van der Waals surface area contributed by atoms with Crippen LogP contribution >= 0.6 is 0 Å². The summed E-state index contributed by atoms with van der Waals surface area (Å²) in [6.45, 7) is 0.691. The lowest BCUT2D eigenvalue weighted by Gasteiger charge is -2.48. The lowest BCUT2D eigenvalue weighted by atomic mass is 9.69. The molecule has 6 nitrogen and oxygen atoms in total. The van der Waals surface area contributed by atoms with Crippen molar-refractivity contribution in [3.63, 3.8) is 0 Å². The number of aromatic amines is 1. The normalized spacial score (nSPS) is 27.1. The molecule has 150 valence electrons. The lowest BCUT2D eigenvalue weighted by Crippen LogP contribution is -2.54. The standard InChI is InChI=1S/C23H27N5O/c1-27(2)23(17-6-4-3-5-7-17)11-9-22(10-12-23)16-28(21(29)26-22)20-15-24-14-19-18(20)8-13-25-19/h3-8,13-15,25H,9-12,16H2,1-2H3,(H,26,29). The van der Waals surface area contributed by atoms with Gasteiger partial charge in [0.25, 0.3) is 0 Å². The van der Waals surface area contributed by atoms with E-state index in [1.807, 2.05) is 17.2 Å². The van der Waals surface area contributed by atoms with Crippen LogP contribution < -0.4 is 10.2 Å². The Morgan fingerprint density at radius 3 is 2.52 bits per heavy atom. The summed E-state index contributed by atoms with van der Waals surface area (Å²) in [6, 6.07) is 12.8. The summed E-state index contributed by atoms with van der Waals surface area (Å²) >= 11 is 0. The van der Waals surface area contributed by atoms with E-state index >= 15 is 0 Å². The number of aromatic nitrogens is 2. The zero-order valence-corrected chi connectivity index (χ0v) is 17.0. The van der Waals surface area contributed by atoms with Crippen molar-refractivity contribution in [1.82, 2.24) is 20.2 Å². The SMILES string of the molecule is CN(C)C1(c2ccccc2)CCC2(CC1)CN(c1cncc3[nH]ccc13)C(=O)N2. The molecule has 0 bridgehead atoms. The molecular weight excluding hydrogens is 362 g/mol. The number of nitrogens with zero attached hydrogens (tertiary/aromatic N) is 3. The van der Waals surface area contributed by atoms with Gasteiger partial charge < -0.3 is 10.3 Å². The van der Waals surface area contributed by atoms with Gasteiger partial charge in [0, 0.05) is 17.1 Å². The number of rotatable bonds is 3. The maximum absolute atomic E-state index is 12.9. The molecular formula is C23H27N5O. The number of carbonyl (C=O) groups is 1. The number of H-pyrrole nitrogens is 1. The van der Waals surface area contributed by atoms with E-state index in [2.05, 4.69) is 64.6 Å². The van der Waals surface area contributed by atoms with Gasteiger partial charge in [-0.25, -0.2) is 4.79 Å². The molecule has 2 amide bonds. The van der Waals surface area contributed by atoms with Crippen molar-refractivity contribution in [2.45, 2.75) is 36.8 Å². The molecule has 5 rings (SSSR count). The molecule has 1 aromatic carbocycles. The second-order valence-corrected chi connectivity index (χ2v) is 8.69. The van der Waals surface area contributed by atoms with Gasteiger partial charge >= 0.3 is 6.03 Å². The molecule has 2 aromatic heterocycles. The van der Waals surface area contributed by atoms with Crippen molar-refractivity contribution >= 4 is 22.6 Å². The van der Waals surface area contributed by atoms with Crippen LogP contribution in [0.3, 0.4) is 0 Å². The number of hydrogen-bond donors (Lipinski definition) is 2. The molecule has 2 fully saturated rings. The molecule has 2 aliphatic rings. The Kier molecular flexibility index (Phi) is 4.13. The maximum atomic E-state index is 12.9. The highest BCUT2D eigenvalue weighted by Crippen LogP contribution is 2.46. The Morgan fingerprint density at radius 1 is 1.03 bits per heavy atom. The summed E-state index contributed by atoms with van der Waals surface area (Å²) in [6.07, 6.45) is 9.44. The largest absolute Gasteiger partial charge is 0.360 e. The number of benzene rings is 1. The van der Waals surface area contributed by atoms with Crippen LogP contribution in [0.1, 0.15) is 31.2 Å². The summed E-state index contributed by atoms with van der Waals surface area (Å²) in [4.78, 5) is 24.7. The van der Waals surface area contributed by atoms with E-state index in [0.717, 1.165) is 42.3 Å². The fraction of sp³-hybridized carbons (Fsp3) is 0.391. The van der Waals surface area contributed by atoms with Crippen LogP contribution in [-0.4, -0.2) is 47.1 Å². The third kappa shape index (κ3) is 2.82. The van der Waals surface area contributed by atoms with Crippen LogP contribution in [0.2, 0.25) is 0 Å². The predicted molar refractivity (Wildman–Crippen MR) is 115 cm³/mol. The summed E-state index contributed by atoms with van der Waals surface area (Å²) in [7, 11) is 4.34. The number of nitrogens with one attached hydrogen (secondary N) is 2. The van der Waals surface area contributed by atoms with Gasteiger partial charge in [-0.05, 0) is 51.4 Å². The summed E-state index contributed by atoms with van der Waals surface area (Å²) < 4.78 is 0. The molecule has 1 aliphatic heterocycles. The minimum absolute atomic E-state index is 0.0161. The zero-order chi connectivity index (χ0) is 20.1. The topological polar surface area (TPSA) is 64.3 Å². The third-order valence-electron chi connectivity index (χ3n) is 7.03. The monoisotopic (exact) mass is 389 g/mol. The van der Waals surface area contributed by atoms with Gasteiger partial charge in [-0.1, -0.05) is 30.3 Å². The predicted octanol–water partition coefficient (Wildman–Crippen LogP) is 3.86. The fourth-order valence-corrected chi connectivity index (χ4v) is 5.25. The minimum atomic E-state index is -0.177. The molecule has 1 aliphatic carbocycles. The van der Waals surface area contributed by atoms with Gasteiger partial charge in [0.1, 0.15) is 0 Å². The molecule has 3 heterocycles.